The van der Waals surface area contributed by atoms with Gasteiger partial charge in [0.05, 0.1) is 11.8 Å². The molecule has 0 aromatic carbocycles. The van der Waals surface area contributed by atoms with Gasteiger partial charge in [-0.15, -0.1) is 0 Å². The summed E-state index contributed by atoms with van der Waals surface area (Å²) in [5, 5.41) is 0.439. The average molecular weight is 673 g/mol. The van der Waals surface area contributed by atoms with Crippen molar-refractivity contribution in [2.45, 2.75) is 239 Å². The van der Waals surface area contributed by atoms with Crippen LogP contribution < -0.4 is 0 Å². The zero-order chi connectivity index (χ0) is 33.9. The van der Waals surface area contributed by atoms with Crippen LogP contribution in [0.2, 0.25) is 0 Å². The van der Waals surface area contributed by atoms with E-state index in [9.17, 15) is 4.79 Å². The molecule has 0 aromatic heterocycles. The highest BCUT2D eigenvalue weighted by atomic mass is 32.1. The molecule has 0 bridgehead atoms. The van der Waals surface area contributed by atoms with Gasteiger partial charge < -0.3 is 4.74 Å². The Morgan fingerprint density at radius 2 is 0.723 bits per heavy atom. The van der Waals surface area contributed by atoms with Gasteiger partial charge in [0.2, 0.25) is 0 Å². The standard InChI is InChI=1S/C44H80O2S/c1-3-5-7-9-11-13-15-17-19-21-23-25-27-29-31-33-35-37-39-44(41-42(45)46-43(44)47)40-38-36-34-32-30-28-26-24-22-20-18-16-14-12-10-8-6-4-2/h37-40H,3-36,41H2,1-2H3. The summed E-state index contributed by atoms with van der Waals surface area (Å²) in [6, 6.07) is 0. The molecule has 1 fully saturated rings. The van der Waals surface area contributed by atoms with E-state index in [-0.39, 0.29) is 5.97 Å². The number of cyclic esters (lactones) is 1. The summed E-state index contributed by atoms with van der Waals surface area (Å²) in [4.78, 5) is 12.1. The maximum absolute atomic E-state index is 12.1. The molecule has 2 nitrogen and oxygen atoms in total. The smallest absolute Gasteiger partial charge is 0.313 e. The van der Waals surface area contributed by atoms with Gasteiger partial charge in [-0.2, -0.15) is 0 Å². The molecule has 0 unspecified atom stereocenters. The number of unbranched alkanes of at least 4 members (excludes halogenated alkanes) is 32. The van der Waals surface area contributed by atoms with Crippen molar-refractivity contribution in [2.24, 2.45) is 5.41 Å². The van der Waals surface area contributed by atoms with E-state index >= 15 is 0 Å². The first-order chi connectivity index (χ1) is 23.1. The van der Waals surface area contributed by atoms with Gasteiger partial charge in [-0.05, 0) is 37.9 Å². The molecular weight excluding hydrogens is 593 g/mol. The topological polar surface area (TPSA) is 26.3 Å². The van der Waals surface area contributed by atoms with Crippen molar-refractivity contribution < 1.29 is 9.53 Å². The van der Waals surface area contributed by atoms with Crippen LogP contribution >= 0.6 is 12.2 Å². The molecule has 0 aromatic rings. The summed E-state index contributed by atoms with van der Waals surface area (Å²) < 4.78 is 5.34. The minimum Gasteiger partial charge on any atom is -0.418 e. The van der Waals surface area contributed by atoms with Crippen molar-refractivity contribution in [2.75, 3.05) is 0 Å². The minimum absolute atomic E-state index is 0.186. The third-order valence-electron chi connectivity index (χ3n) is 10.3. The predicted octanol–water partition coefficient (Wildman–Crippen LogP) is 15.7. The summed E-state index contributed by atoms with van der Waals surface area (Å²) in [6.45, 7) is 4.59. The highest BCUT2D eigenvalue weighted by molar-refractivity contribution is 7.80. The fraction of sp³-hybridized carbons (Fsp3) is 0.864. The fourth-order valence-electron chi connectivity index (χ4n) is 7.06. The van der Waals surface area contributed by atoms with Gasteiger partial charge in [0.25, 0.3) is 0 Å². The second kappa shape index (κ2) is 33.5. The van der Waals surface area contributed by atoms with Gasteiger partial charge in [0.15, 0.2) is 5.05 Å². The lowest BCUT2D eigenvalue weighted by Crippen LogP contribution is -2.19. The predicted molar refractivity (Wildman–Crippen MR) is 212 cm³/mol. The lowest BCUT2D eigenvalue weighted by Gasteiger charge is -2.17. The van der Waals surface area contributed by atoms with E-state index in [4.69, 9.17) is 17.0 Å². The number of esters is 1. The number of hydrogen-bond acceptors (Lipinski definition) is 3. The molecule has 274 valence electrons. The van der Waals surface area contributed by atoms with Crippen LogP contribution in [0.1, 0.15) is 239 Å². The van der Waals surface area contributed by atoms with Crippen LogP contribution in [-0.4, -0.2) is 11.0 Å². The van der Waals surface area contributed by atoms with E-state index in [0.717, 1.165) is 12.8 Å². The third kappa shape index (κ3) is 26.6. The maximum Gasteiger partial charge on any atom is 0.313 e. The quantitative estimate of drug-likeness (QED) is 0.0287. The van der Waals surface area contributed by atoms with Crippen LogP contribution in [0.5, 0.6) is 0 Å². The summed E-state index contributed by atoms with van der Waals surface area (Å²) in [7, 11) is 0. The number of rotatable bonds is 36. The molecule has 1 heterocycles. The van der Waals surface area contributed by atoms with Crippen molar-refractivity contribution >= 4 is 23.2 Å². The minimum atomic E-state index is -0.503. The van der Waals surface area contributed by atoms with E-state index < -0.39 is 5.41 Å². The zero-order valence-corrected chi connectivity index (χ0v) is 32.6. The van der Waals surface area contributed by atoms with Gasteiger partial charge in [-0.25, -0.2) is 0 Å². The van der Waals surface area contributed by atoms with Crippen LogP contribution in [0.15, 0.2) is 24.3 Å². The van der Waals surface area contributed by atoms with Crippen LogP contribution in [0.25, 0.3) is 0 Å². The highest BCUT2D eigenvalue weighted by Gasteiger charge is 2.41. The Kier molecular flexibility index (Phi) is 31.4. The second-order valence-electron chi connectivity index (χ2n) is 15.0. The lowest BCUT2D eigenvalue weighted by molar-refractivity contribution is -0.133. The van der Waals surface area contributed by atoms with E-state index in [2.05, 4.69) is 38.2 Å². The summed E-state index contributed by atoms with van der Waals surface area (Å²) in [6.07, 6.45) is 56.0. The molecule has 1 aliphatic rings. The third-order valence-corrected chi connectivity index (χ3v) is 10.8. The molecule has 0 radical (unpaired) electrons. The molecular formula is C44H80O2S. The van der Waals surface area contributed by atoms with E-state index in [1.807, 2.05) is 0 Å². The molecule has 0 atom stereocenters. The Bertz CT molecular complexity index is 723. The number of ether oxygens (including phenoxy) is 1. The number of hydrogen-bond donors (Lipinski definition) is 0. The van der Waals surface area contributed by atoms with Crippen LogP contribution in [0.3, 0.4) is 0 Å². The summed E-state index contributed by atoms with van der Waals surface area (Å²) in [5.74, 6) is -0.186. The molecule has 47 heavy (non-hydrogen) atoms. The number of carbonyl (C=O) groups excluding carboxylic acids is 1. The molecule has 0 aliphatic carbocycles. The van der Waals surface area contributed by atoms with Crippen LogP contribution in [0, 0.1) is 5.41 Å². The molecule has 1 rings (SSSR count). The zero-order valence-electron chi connectivity index (χ0n) is 31.8. The summed E-state index contributed by atoms with van der Waals surface area (Å²) >= 11 is 5.52. The number of allylic oxidation sites excluding steroid dienone is 2. The van der Waals surface area contributed by atoms with Gasteiger partial charge in [0, 0.05) is 0 Å². The fourth-order valence-corrected chi connectivity index (χ4v) is 7.36. The van der Waals surface area contributed by atoms with Crippen molar-refractivity contribution in [3.8, 4) is 0 Å². The van der Waals surface area contributed by atoms with E-state index in [1.165, 1.54) is 205 Å². The first-order valence-electron chi connectivity index (χ1n) is 21.2. The molecule has 0 N–H and O–H groups in total. The highest BCUT2D eigenvalue weighted by Crippen LogP contribution is 2.36. The van der Waals surface area contributed by atoms with Gasteiger partial charge >= 0.3 is 5.97 Å². The maximum atomic E-state index is 12.1. The van der Waals surface area contributed by atoms with Crippen molar-refractivity contribution in [1.82, 2.24) is 0 Å². The number of thiocarbonyl (C=S) groups is 1. The Morgan fingerprint density at radius 1 is 0.468 bits per heavy atom. The largest absolute Gasteiger partial charge is 0.418 e. The normalized spacial score (nSPS) is 16.7. The van der Waals surface area contributed by atoms with Crippen molar-refractivity contribution in [3.63, 3.8) is 0 Å². The second-order valence-corrected chi connectivity index (χ2v) is 15.3. The van der Waals surface area contributed by atoms with Crippen LogP contribution in [0.4, 0.5) is 0 Å². The molecule has 1 aliphatic heterocycles. The molecule has 0 amide bonds. The van der Waals surface area contributed by atoms with Crippen molar-refractivity contribution in [3.05, 3.63) is 24.3 Å². The number of carbonyl (C=O) groups is 1. The average Bonchev–Trinajstić information content (AvgIpc) is 3.35. The van der Waals surface area contributed by atoms with Gasteiger partial charge in [-0.3, -0.25) is 4.79 Å². The Hall–Kier alpha value is -0.960. The Labute approximate surface area is 300 Å². The Balaban J connectivity index is 2.02. The van der Waals surface area contributed by atoms with E-state index in [0.29, 0.717) is 11.5 Å². The van der Waals surface area contributed by atoms with Gasteiger partial charge in [-0.1, -0.05) is 231 Å². The SMILES string of the molecule is CCCCCCCCCCCCCCCCCCC=CC1(C=CCCCCCCCCCCCCCCCCCC)CC(=O)OC1=S. The molecule has 0 spiro atoms. The van der Waals surface area contributed by atoms with Gasteiger partial charge in [0.1, 0.15) is 0 Å². The molecule has 3 heteroatoms. The Morgan fingerprint density at radius 3 is 0.957 bits per heavy atom. The van der Waals surface area contributed by atoms with Crippen LogP contribution in [-0.2, 0) is 9.53 Å². The molecule has 0 saturated carbocycles. The summed E-state index contributed by atoms with van der Waals surface area (Å²) in [5.41, 5.74) is -0.503. The van der Waals surface area contributed by atoms with E-state index in [1.54, 1.807) is 0 Å². The monoisotopic (exact) mass is 673 g/mol. The first kappa shape index (κ1) is 44.1. The molecule has 1 saturated heterocycles. The van der Waals surface area contributed by atoms with Crippen molar-refractivity contribution in [1.29, 1.82) is 0 Å². The first-order valence-corrected chi connectivity index (χ1v) is 21.7. The lowest BCUT2D eigenvalue weighted by atomic mass is 9.85.